The summed E-state index contributed by atoms with van der Waals surface area (Å²) in [5.41, 5.74) is 1.07. The van der Waals surface area contributed by atoms with Crippen LogP contribution in [-0.4, -0.2) is 39.4 Å². The van der Waals surface area contributed by atoms with Gasteiger partial charge in [0.1, 0.15) is 12.1 Å². The van der Waals surface area contributed by atoms with Crippen LogP contribution in [0.2, 0.25) is 0 Å². The summed E-state index contributed by atoms with van der Waals surface area (Å²) in [4.78, 5) is 25.0. The molecule has 0 aliphatic carbocycles. The van der Waals surface area contributed by atoms with E-state index in [2.05, 4.69) is 32.3 Å². The van der Waals surface area contributed by atoms with Crippen LogP contribution >= 0.6 is 23.1 Å². The largest absolute Gasteiger partial charge is 0.495 e. The summed E-state index contributed by atoms with van der Waals surface area (Å²) < 4.78 is 7.22. The normalized spacial score (nSPS) is 10.6. The summed E-state index contributed by atoms with van der Waals surface area (Å²) in [6.45, 7) is 2.18. The number of hydrogen-bond donors (Lipinski definition) is 2. The van der Waals surface area contributed by atoms with Crippen LogP contribution in [0.3, 0.4) is 0 Å². The number of carbonyl (C=O) groups is 2. The van der Waals surface area contributed by atoms with Crippen LogP contribution in [0.4, 0.5) is 11.4 Å². The predicted molar refractivity (Wildman–Crippen MR) is 115 cm³/mol. The second kappa shape index (κ2) is 10.1. The van der Waals surface area contributed by atoms with E-state index in [1.165, 1.54) is 30.7 Å². The second-order valence-electron chi connectivity index (χ2n) is 6.07. The van der Waals surface area contributed by atoms with Gasteiger partial charge in [-0.1, -0.05) is 17.8 Å². The topological polar surface area (TPSA) is 98.1 Å². The molecule has 8 nitrogen and oxygen atoms in total. The molecule has 0 spiro atoms. The highest BCUT2D eigenvalue weighted by molar-refractivity contribution is 7.99. The average Bonchev–Trinajstić information content (AvgIpc) is 3.36. The van der Waals surface area contributed by atoms with Crippen molar-refractivity contribution in [1.82, 2.24) is 14.8 Å². The lowest BCUT2D eigenvalue weighted by Crippen LogP contribution is -2.16. The van der Waals surface area contributed by atoms with Crippen LogP contribution < -0.4 is 15.4 Å². The molecular weight excluding hydrogens is 410 g/mol. The molecule has 0 atom stereocenters. The summed E-state index contributed by atoms with van der Waals surface area (Å²) in [6.07, 6.45) is 2.57. The van der Waals surface area contributed by atoms with Crippen molar-refractivity contribution >= 4 is 46.3 Å². The summed E-state index contributed by atoms with van der Waals surface area (Å²) in [6, 6.07) is 9.18. The number of anilines is 2. The summed E-state index contributed by atoms with van der Waals surface area (Å²) >= 11 is 3.03. The zero-order chi connectivity index (χ0) is 20.6. The van der Waals surface area contributed by atoms with Gasteiger partial charge in [0, 0.05) is 24.0 Å². The molecule has 10 heteroatoms. The van der Waals surface area contributed by atoms with E-state index in [4.69, 9.17) is 4.74 Å². The molecule has 0 bridgehead atoms. The number of benzene rings is 1. The van der Waals surface area contributed by atoms with Crippen LogP contribution in [0.5, 0.6) is 5.75 Å². The lowest BCUT2D eigenvalue weighted by Gasteiger charge is -2.12. The number of rotatable bonds is 9. The van der Waals surface area contributed by atoms with Gasteiger partial charge in [0.15, 0.2) is 5.16 Å². The molecule has 2 amide bonds. The number of carbonyl (C=O) groups excluding carboxylic acids is 2. The molecule has 2 aromatic heterocycles. The fourth-order valence-electron chi connectivity index (χ4n) is 2.60. The maximum Gasteiger partial charge on any atom is 0.234 e. The molecule has 0 radical (unpaired) electrons. The maximum absolute atomic E-state index is 12.4. The van der Waals surface area contributed by atoms with Crippen LogP contribution in [0.25, 0.3) is 0 Å². The number of thioether (sulfide) groups is 1. The van der Waals surface area contributed by atoms with E-state index in [-0.39, 0.29) is 17.6 Å². The average molecular weight is 432 g/mol. The van der Waals surface area contributed by atoms with Gasteiger partial charge < -0.3 is 19.9 Å². The van der Waals surface area contributed by atoms with Crippen LogP contribution in [0.1, 0.15) is 11.8 Å². The standard InChI is InChI=1S/C19H21N5O3S2/c1-13(25)21-14-5-6-17(27-2)16(10-14)22-18(26)11-29-19-23-20-12-24(19)8-7-15-4-3-9-28-15/h3-6,9-10,12H,7-8,11H2,1-2H3,(H,21,25)(H,22,26). The summed E-state index contributed by atoms with van der Waals surface area (Å²) in [5.74, 6) is 0.285. The molecule has 152 valence electrons. The Bertz CT molecular complexity index is 972. The fourth-order valence-corrected chi connectivity index (χ4v) is 4.04. The molecule has 0 saturated heterocycles. The molecule has 3 rings (SSSR count). The number of ether oxygens (including phenoxy) is 1. The van der Waals surface area contributed by atoms with Crippen LogP contribution in [-0.2, 0) is 22.6 Å². The lowest BCUT2D eigenvalue weighted by molar-refractivity contribution is -0.114. The molecular formula is C19H21N5O3S2. The minimum atomic E-state index is -0.207. The van der Waals surface area contributed by atoms with Crippen LogP contribution in [0, 0.1) is 0 Å². The Morgan fingerprint density at radius 3 is 2.86 bits per heavy atom. The Kier molecular flexibility index (Phi) is 7.25. The number of nitrogens with zero attached hydrogens (tertiary/aromatic N) is 3. The maximum atomic E-state index is 12.4. The smallest absolute Gasteiger partial charge is 0.234 e. The number of amides is 2. The second-order valence-corrected chi connectivity index (χ2v) is 8.04. The first-order chi connectivity index (χ1) is 14.0. The van der Waals surface area contributed by atoms with Crippen molar-refractivity contribution in [3.63, 3.8) is 0 Å². The summed E-state index contributed by atoms with van der Waals surface area (Å²) in [5, 5.41) is 16.3. The minimum absolute atomic E-state index is 0.172. The minimum Gasteiger partial charge on any atom is -0.495 e. The number of aryl methyl sites for hydroxylation is 2. The van der Waals surface area contributed by atoms with E-state index in [1.807, 2.05) is 10.6 Å². The van der Waals surface area contributed by atoms with Crippen molar-refractivity contribution < 1.29 is 14.3 Å². The van der Waals surface area contributed by atoms with Gasteiger partial charge in [-0.25, -0.2) is 0 Å². The van der Waals surface area contributed by atoms with Gasteiger partial charge in [-0.15, -0.1) is 21.5 Å². The molecule has 0 fully saturated rings. The van der Waals surface area contributed by atoms with Gasteiger partial charge in [-0.3, -0.25) is 9.59 Å². The number of nitrogens with one attached hydrogen (secondary N) is 2. The zero-order valence-corrected chi connectivity index (χ0v) is 17.7. The van der Waals surface area contributed by atoms with Crippen molar-refractivity contribution in [2.45, 2.75) is 25.0 Å². The SMILES string of the molecule is COc1ccc(NC(C)=O)cc1NC(=O)CSc1nncn1CCc1cccs1. The Morgan fingerprint density at radius 2 is 2.14 bits per heavy atom. The Labute approximate surface area is 176 Å². The van der Waals surface area contributed by atoms with Crippen molar-refractivity contribution in [3.8, 4) is 5.75 Å². The van der Waals surface area contributed by atoms with Gasteiger partial charge in [0.25, 0.3) is 0 Å². The van der Waals surface area contributed by atoms with Crippen molar-refractivity contribution in [2.75, 3.05) is 23.5 Å². The number of methoxy groups -OCH3 is 1. The van der Waals surface area contributed by atoms with Crippen molar-refractivity contribution in [1.29, 1.82) is 0 Å². The first-order valence-electron chi connectivity index (χ1n) is 8.83. The molecule has 2 heterocycles. The molecule has 3 aromatic rings. The molecule has 2 N–H and O–H groups in total. The van der Waals surface area contributed by atoms with E-state index < -0.39 is 0 Å². The highest BCUT2D eigenvalue weighted by atomic mass is 32.2. The van der Waals surface area contributed by atoms with E-state index in [0.717, 1.165) is 13.0 Å². The number of thiophene rings is 1. The highest BCUT2D eigenvalue weighted by Crippen LogP contribution is 2.28. The van der Waals surface area contributed by atoms with Crippen molar-refractivity contribution in [2.24, 2.45) is 0 Å². The van der Waals surface area contributed by atoms with Gasteiger partial charge in [0.2, 0.25) is 11.8 Å². The van der Waals surface area contributed by atoms with E-state index in [0.29, 0.717) is 22.3 Å². The van der Waals surface area contributed by atoms with Crippen molar-refractivity contribution in [3.05, 3.63) is 46.9 Å². The monoisotopic (exact) mass is 431 g/mol. The quantitative estimate of drug-likeness (QED) is 0.505. The first kappa shape index (κ1) is 20.9. The summed E-state index contributed by atoms with van der Waals surface area (Å²) in [7, 11) is 1.52. The van der Waals surface area contributed by atoms with Gasteiger partial charge >= 0.3 is 0 Å². The zero-order valence-electron chi connectivity index (χ0n) is 16.0. The molecule has 0 aliphatic rings. The molecule has 0 unspecified atom stereocenters. The molecule has 1 aromatic carbocycles. The van der Waals surface area contributed by atoms with Gasteiger partial charge in [0.05, 0.1) is 18.6 Å². The van der Waals surface area contributed by atoms with E-state index >= 15 is 0 Å². The predicted octanol–water partition coefficient (Wildman–Crippen LogP) is 3.28. The van der Waals surface area contributed by atoms with Crippen LogP contribution in [0.15, 0.2) is 47.2 Å². The third-order valence-electron chi connectivity index (χ3n) is 3.89. The lowest BCUT2D eigenvalue weighted by atomic mass is 10.2. The third-order valence-corrected chi connectivity index (χ3v) is 5.80. The Hall–Kier alpha value is -2.85. The molecule has 0 aliphatic heterocycles. The number of aromatic nitrogens is 3. The van der Waals surface area contributed by atoms with Gasteiger partial charge in [-0.2, -0.15) is 0 Å². The van der Waals surface area contributed by atoms with Gasteiger partial charge in [-0.05, 0) is 36.1 Å². The number of hydrogen-bond acceptors (Lipinski definition) is 7. The Balaban J connectivity index is 1.58. The first-order valence-corrected chi connectivity index (χ1v) is 10.7. The van der Waals surface area contributed by atoms with E-state index in [1.54, 1.807) is 35.9 Å². The Morgan fingerprint density at radius 1 is 1.28 bits per heavy atom. The molecule has 29 heavy (non-hydrogen) atoms. The van der Waals surface area contributed by atoms with E-state index in [9.17, 15) is 9.59 Å². The fraction of sp³-hybridized carbons (Fsp3) is 0.263. The highest BCUT2D eigenvalue weighted by Gasteiger charge is 2.12. The molecule has 0 saturated carbocycles. The third kappa shape index (κ3) is 6.06.